The van der Waals surface area contributed by atoms with Crippen molar-refractivity contribution in [2.75, 3.05) is 12.4 Å². The summed E-state index contributed by atoms with van der Waals surface area (Å²) in [5, 5.41) is 4.74. The van der Waals surface area contributed by atoms with Crippen molar-refractivity contribution in [3.63, 3.8) is 0 Å². The highest BCUT2D eigenvalue weighted by molar-refractivity contribution is 9.10. The van der Waals surface area contributed by atoms with E-state index < -0.39 is 0 Å². The number of hydrogen-bond acceptors (Lipinski definition) is 2. The number of halogens is 3. The molecule has 20 heavy (non-hydrogen) atoms. The van der Waals surface area contributed by atoms with Gasteiger partial charge in [-0.1, -0.05) is 35.3 Å². The zero-order valence-electron chi connectivity index (χ0n) is 11.1. The van der Waals surface area contributed by atoms with Gasteiger partial charge < -0.3 is 10.1 Å². The van der Waals surface area contributed by atoms with Crippen LogP contribution in [0.5, 0.6) is 5.75 Å². The number of anilines is 1. The summed E-state index contributed by atoms with van der Waals surface area (Å²) in [5.74, 6) is 0.725. The van der Waals surface area contributed by atoms with Crippen LogP contribution in [0.3, 0.4) is 0 Å². The van der Waals surface area contributed by atoms with Crippen molar-refractivity contribution in [3.05, 3.63) is 56.5 Å². The van der Waals surface area contributed by atoms with E-state index in [2.05, 4.69) is 28.2 Å². The van der Waals surface area contributed by atoms with E-state index >= 15 is 0 Å². The minimum atomic E-state index is 0.0768. The summed E-state index contributed by atoms with van der Waals surface area (Å²) < 4.78 is 6.21. The van der Waals surface area contributed by atoms with Gasteiger partial charge in [-0.3, -0.25) is 0 Å². The monoisotopic (exact) mass is 373 g/mol. The lowest BCUT2D eigenvalue weighted by atomic mass is 10.1. The molecular formula is C15H14BrCl2NO. The van der Waals surface area contributed by atoms with Crippen molar-refractivity contribution in [1.82, 2.24) is 0 Å². The summed E-state index contributed by atoms with van der Waals surface area (Å²) in [6, 6.07) is 11.5. The van der Waals surface area contributed by atoms with Gasteiger partial charge in [0.15, 0.2) is 5.75 Å². The predicted octanol–water partition coefficient (Wildman–Crippen LogP) is 5.94. The quantitative estimate of drug-likeness (QED) is 0.715. The third kappa shape index (κ3) is 3.60. The standard InChI is InChI=1S/C15H14BrCl2NO/c1-9(10-4-3-5-11(17)6-10)19-14-8-12(18)7-13(16)15(14)20-2/h3-9,19H,1-2H3. The molecule has 0 radical (unpaired) electrons. The van der Waals surface area contributed by atoms with Crippen LogP contribution in [0, 0.1) is 0 Å². The van der Waals surface area contributed by atoms with Gasteiger partial charge in [-0.15, -0.1) is 0 Å². The topological polar surface area (TPSA) is 21.3 Å². The first-order valence-electron chi connectivity index (χ1n) is 6.06. The van der Waals surface area contributed by atoms with Gasteiger partial charge in [-0.2, -0.15) is 0 Å². The van der Waals surface area contributed by atoms with Crippen molar-refractivity contribution in [1.29, 1.82) is 0 Å². The van der Waals surface area contributed by atoms with Crippen molar-refractivity contribution < 1.29 is 4.74 Å². The van der Waals surface area contributed by atoms with E-state index in [4.69, 9.17) is 27.9 Å². The van der Waals surface area contributed by atoms with Crippen LogP contribution in [0.1, 0.15) is 18.5 Å². The van der Waals surface area contributed by atoms with E-state index in [1.54, 1.807) is 13.2 Å². The molecule has 2 aromatic rings. The van der Waals surface area contributed by atoms with E-state index in [1.807, 2.05) is 30.3 Å². The molecule has 0 amide bonds. The van der Waals surface area contributed by atoms with E-state index in [0.717, 1.165) is 26.5 Å². The first-order chi connectivity index (χ1) is 9.51. The molecule has 2 nitrogen and oxygen atoms in total. The normalized spacial score (nSPS) is 12.1. The molecule has 0 bridgehead atoms. The molecule has 2 rings (SSSR count). The first-order valence-corrected chi connectivity index (χ1v) is 7.61. The van der Waals surface area contributed by atoms with Crippen molar-refractivity contribution in [2.24, 2.45) is 0 Å². The maximum atomic E-state index is 6.09. The minimum Gasteiger partial charge on any atom is -0.493 e. The van der Waals surface area contributed by atoms with Crippen molar-refractivity contribution in [3.8, 4) is 5.75 Å². The molecule has 2 aromatic carbocycles. The highest BCUT2D eigenvalue weighted by atomic mass is 79.9. The highest BCUT2D eigenvalue weighted by Crippen LogP contribution is 2.38. The maximum Gasteiger partial charge on any atom is 0.156 e. The molecule has 1 atom stereocenters. The summed E-state index contributed by atoms with van der Waals surface area (Å²) in [5.41, 5.74) is 1.93. The van der Waals surface area contributed by atoms with Gasteiger partial charge in [0, 0.05) is 16.1 Å². The Balaban J connectivity index is 2.30. The van der Waals surface area contributed by atoms with Gasteiger partial charge in [-0.05, 0) is 52.7 Å². The van der Waals surface area contributed by atoms with Crippen molar-refractivity contribution >= 4 is 44.8 Å². The van der Waals surface area contributed by atoms with E-state index in [-0.39, 0.29) is 6.04 Å². The molecule has 0 heterocycles. The molecule has 0 aliphatic rings. The third-order valence-corrected chi connectivity index (χ3v) is 3.98. The second-order valence-electron chi connectivity index (χ2n) is 4.39. The number of hydrogen-bond donors (Lipinski definition) is 1. The van der Waals surface area contributed by atoms with Gasteiger partial charge in [0.1, 0.15) is 0 Å². The average Bonchev–Trinajstić information content (AvgIpc) is 2.38. The Kier molecular flexibility index (Phi) is 5.19. The SMILES string of the molecule is COc1c(Br)cc(Cl)cc1NC(C)c1cccc(Cl)c1. The van der Waals surface area contributed by atoms with Crippen LogP contribution < -0.4 is 10.1 Å². The predicted molar refractivity (Wildman–Crippen MR) is 89.2 cm³/mol. The third-order valence-electron chi connectivity index (χ3n) is 2.93. The van der Waals surface area contributed by atoms with Gasteiger partial charge in [0.25, 0.3) is 0 Å². The number of rotatable bonds is 4. The minimum absolute atomic E-state index is 0.0768. The Morgan fingerprint density at radius 2 is 1.90 bits per heavy atom. The number of ether oxygens (including phenoxy) is 1. The molecule has 0 aromatic heterocycles. The van der Waals surface area contributed by atoms with Crippen LogP contribution in [0.4, 0.5) is 5.69 Å². The van der Waals surface area contributed by atoms with Crippen LogP contribution in [0.15, 0.2) is 40.9 Å². The van der Waals surface area contributed by atoms with Gasteiger partial charge in [0.05, 0.1) is 17.3 Å². The second-order valence-corrected chi connectivity index (χ2v) is 6.12. The molecule has 0 aliphatic heterocycles. The smallest absolute Gasteiger partial charge is 0.156 e. The first kappa shape index (κ1) is 15.5. The van der Waals surface area contributed by atoms with Crippen LogP contribution in [0.25, 0.3) is 0 Å². The Labute approximate surface area is 137 Å². The lowest BCUT2D eigenvalue weighted by Crippen LogP contribution is -2.08. The Morgan fingerprint density at radius 1 is 1.15 bits per heavy atom. The lowest BCUT2D eigenvalue weighted by molar-refractivity contribution is 0.413. The van der Waals surface area contributed by atoms with Crippen molar-refractivity contribution in [2.45, 2.75) is 13.0 Å². The summed E-state index contributed by atoms with van der Waals surface area (Å²) >= 11 is 15.6. The van der Waals surface area contributed by atoms with Crippen LogP contribution in [-0.4, -0.2) is 7.11 Å². The van der Waals surface area contributed by atoms with Crippen LogP contribution >= 0.6 is 39.1 Å². The Hall–Kier alpha value is -0.900. The number of benzene rings is 2. The Morgan fingerprint density at radius 3 is 2.55 bits per heavy atom. The van der Waals surface area contributed by atoms with Gasteiger partial charge >= 0.3 is 0 Å². The van der Waals surface area contributed by atoms with Gasteiger partial charge in [0.2, 0.25) is 0 Å². The summed E-state index contributed by atoms with van der Waals surface area (Å²) in [4.78, 5) is 0. The molecule has 0 spiro atoms. The fourth-order valence-electron chi connectivity index (χ4n) is 1.97. The molecule has 5 heteroatoms. The van der Waals surface area contributed by atoms with E-state index in [1.165, 1.54) is 0 Å². The molecule has 0 saturated carbocycles. The molecule has 106 valence electrons. The molecule has 1 N–H and O–H groups in total. The zero-order valence-corrected chi connectivity index (χ0v) is 14.2. The molecular weight excluding hydrogens is 361 g/mol. The fourth-order valence-corrected chi connectivity index (χ4v) is 3.14. The van der Waals surface area contributed by atoms with E-state index in [0.29, 0.717) is 5.02 Å². The number of methoxy groups -OCH3 is 1. The van der Waals surface area contributed by atoms with Crippen LogP contribution in [-0.2, 0) is 0 Å². The molecule has 0 fully saturated rings. The summed E-state index contributed by atoms with van der Waals surface area (Å²) in [6.45, 7) is 2.06. The number of nitrogens with one attached hydrogen (secondary N) is 1. The summed E-state index contributed by atoms with van der Waals surface area (Å²) in [6.07, 6.45) is 0. The largest absolute Gasteiger partial charge is 0.493 e. The fraction of sp³-hybridized carbons (Fsp3) is 0.200. The molecule has 0 aliphatic carbocycles. The Bertz CT molecular complexity index is 619. The highest BCUT2D eigenvalue weighted by Gasteiger charge is 2.13. The maximum absolute atomic E-state index is 6.09. The molecule has 0 saturated heterocycles. The van der Waals surface area contributed by atoms with Crippen LogP contribution in [0.2, 0.25) is 10.0 Å². The average molecular weight is 375 g/mol. The van der Waals surface area contributed by atoms with E-state index in [9.17, 15) is 0 Å². The summed E-state index contributed by atoms with van der Waals surface area (Å²) in [7, 11) is 1.63. The molecule has 1 unspecified atom stereocenters. The lowest BCUT2D eigenvalue weighted by Gasteiger charge is -2.19. The van der Waals surface area contributed by atoms with Gasteiger partial charge in [-0.25, -0.2) is 0 Å². The second kappa shape index (κ2) is 6.70. The zero-order chi connectivity index (χ0) is 14.7.